The van der Waals surface area contributed by atoms with Crippen LogP contribution in [0.2, 0.25) is 0 Å². The number of benzene rings is 2. The Bertz CT molecular complexity index is 1150. The van der Waals surface area contributed by atoms with Crippen LogP contribution in [0.3, 0.4) is 0 Å². The molecule has 2 amide bonds. The fraction of sp³-hybridized carbons (Fsp3) is 0.481. The lowest BCUT2D eigenvalue weighted by molar-refractivity contribution is -0.141. The Hall–Kier alpha value is -2.94. The summed E-state index contributed by atoms with van der Waals surface area (Å²) in [5, 5.41) is 2.87. The van der Waals surface area contributed by atoms with Crippen molar-refractivity contribution in [3.05, 3.63) is 65.0 Å². The molecule has 0 bridgehead atoms. The molecule has 1 unspecified atom stereocenters. The number of anilines is 1. The second-order valence-corrected chi connectivity index (χ2v) is 11.3. The van der Waals surface area contributed by atoms with Crippen LogP contribution in [-0.2, 0) is 26.2 Å². The molecular formula is C27H38FN3O4S. The quantitative estimate of drug-likeness (QED) is 0.453. The molecule has 7 nitrogen and oxygen atoms in total. The fourth-order valence-corrected chi connectivity index (χ4v) is 4.93. The summed E-state index contributed by atoms with van der Waals surface area (Å²) < 4.78 is 39.7. The van der Waals surface area contributed by atoms with Crippen molar-refractivity contribution in [3.63, 3.8) is 0 Å². The Morgan fingerprint density at radius 3 is 2.19 bits per heavy atom. The van der Waals surface area contributed by atoms with E-state index >= 15 is 0 Å². The molecule has 0 saturated heterocycles. The number of halogens is 1. The lowest BCUT2D eigenvalue weighted by Crippen LogP contribution is -2.50. The van der Waals surface area contributed by atoms with E-state index in [0.717, 1.165) is 17.4 Å². The van der Waals surface area contributed by atoms with E-state index in [-0.39, 0.29) is 49.6 Å². The lowest BCUT2D eigenvalue weighted by atomic mass is 10.1. The van der Waals surface area contributed by atoms with E-state index in [1.54, 1.807) is 18.2 Å². The van der Waals surface area contributed by atoms with Crippen LogP contribution in [0.15, 0.2) is 42.5 Å². The molecule has 1 atom stereocenters. The molecule has 0 aliphatic heterocycles. The number of aryl methyl sites for hydroxylation is 2. The van der Waals surface area contributed by atoms with Gasteiger partial charge in [0.1, 0.15) is 11.9 Å². The minimum Gasteiger partial charge on any atom is -0.352 e. The van der Waals surface area contributed by atoms with Gasteiger partial charge in [-0.15, -0.1) is 0 Å². The van der Waals surface area contributed by atoms with Crippen molar-refractivity contribution in [1.29, 1.82) is 0 Å². The number of rotatable bonds is 12. The van der Waals surface area contributed by atoms with Gasteiger partial charge in [0, 0.05) is 25.6 Å². The van der Waals surface area contributed by atoms with Gasteiger partial charge in [0.25, 0.3) is 0 Å². The number of hydrogen-bond donors (Lipinski definition) is 1. The van der Waals surface area contributed by atoms with Crippen LogP contribution >= 0.6 is 0 Å². The zero-order chi connectivity index (χ0) is 27.0. The molecule has 0 heterocycles. The van der Waals surface area contributed by atoms with Crippen molar-refractivity contribution in [2.45, 2.75) is 72.5 Å². The van der Waals surface area contributed by atoms with E-state index in [9.17, 15) is 22.4 Å². The van der Waals surface area contributed by atoms with Gasteiger partial charge in [-0.3, -0.25) is 13.9 Å². The summed E-state index contributed by atoms with van der Waals surface area (Å²) in [6, 6.07) is 10.5. The Labute approximate surface area is 214 Å². The Kier molecular flexibility index (Phi) is 10.5. The molecule has 2 rings (SSSR count). The van der Waals surface area contributed by atoms with E-state index in [1.165, 1.54) is 21.3 Å². The molecule has 9 heteroatoms. The van der Waals surface area contributed by atoms with Gasteiger partial charge in [-0.05, 0) is 81.5 Å². The highest BCUT2D eigenvalue weighted by atomic mass is 32.2. The number of amides is 2. The number of carbonyl (C=O) groups excluding carboxylic acids is 2. The van der Waals surface area contributed by atoms with Crippen molar-refractivity contribution in [2.75, 3.05) is 17.1 Å². The van der Waals surface area contributed by atoms with Crippen LogP contribution in [-0.4, -0.2) is 50.0 Å². The van der Waals surface area contributed by atoms with Crippen LogP contribution in [0.5, 0.6) is 0 Å². The van der Waals surface area contributed by atoms with Crippen LogP contribution < -0.4 is 9.62 Å². The van der Waals surface area contributed by atoms with Gasteiger partial charge in [0.05, 0.1) is 11.9 Å². The lowest BCUT2D eigenvalue weighted by Gasteiger charge is -2.31. The van der Waals surface area contributed by atoms with Gasteiger partial charge in [0.2, 0.25) is 21.8 Å². The first-order valence-corrected chi connectivity index (χ1v) is 14.1. The van der Waals surface area contributed by atoms with Crippen molar-refractivity contribution in [3.8, 4) is 0 Å². The van der Waals surface area contributed by atoms with Gasteiger partial charge >= 0.3 is 0 Å². The summed E-state index contributed by atoms with van der Waals surface area (Å²) in [4.78, 5) is 27.8. The maximum Gasteiger partial charge on any atom is 0.243 e. The third-order valence-electron chi connectivity index (χ3n) is 6.01. The molecular weight excluding hydrogens is 481 g/mol. The zero-order valence-electron chi connectivity index (χ0n) is 22.0. The third kappa shape index (κ3) is 8.33. The molecule has 0 aromatic heterocycles. The number of sulfonamides is 1. The molecule has 2 aromatic carbocycles. The smallest absolute Gasteiger partial charge is 0.243 e. The molecule has 2 aromatic rings. The molecule has 0 radical (unpaired) electrons. The second-order valence-electron chi connectivity index (χ2n) is 9.44. The highest BCUT2D eigenvalue weighted by Gasteiger charge is 2.29. The van der Waals surface area contributed by atoms with E-state index < -0.39 is 16.1 Å². The first-order chi connectivity index (χ1) is 16.8. The average molecular weight is 520 g/mol. The van der Waals surface area contributed by atoms with Gasteiger partial charge in [0.15, 0.2) is 0 Å². The number of nitrogens with one attached hydrogen (secondary N) is 1. The highest BCUT2D eigenvalue weighted by Crippen LogP contribution is 2.22. The maximum atomic E-state index is 13.4. The highest BCUT2D eigenvalue weighted by molar-refractivity contribution is 7.92. The normalized spacial score (nSPS) is 12.3. The summed E-state index contributed by atoms with van der Waals surface area (Å²) in [6.07, 6.45) is 1.89. The number of carbonyl (C=O) groups is 2. The van der Waals surface area contributed by atoms with Crippen LogP contribution in [0, 0.1) is 19.7 Å². The summed E-state index contributed by atoms with van der Waals surface area (Å²) >= 11 is 0. The molecule has 1 N–H and O–H groups in total. The molecule has 0 spiro atoms. The van der Waals surface area contributed by atoms with Gasteiger partial charge in [-0.25, -0.2) is 12.8 Å². The first-order valence-electron chi connectivity index (χ1n) is 12.2. The molecule has 0 aliphatic rings. The predicted octanol–water partition coefficient (Wildman–Crippen LogP) is 4.32. The minimum atomic E-state index is -3.56. The van der Waals surface area contributed by atoms with Gasteiger partial charge in [-0.2, -0.15) is 0 Å². The summed E-state index contributed by atoms with van der Waals surface area (Å²) in [7, 11) is -3.56. The van der Waals surface area contributed by atoms with Crippen molar-refractivity contribution < 1.29 is 22.4 Å². The summed E-state index contributed by atoms with van der Waals surface area (Å²) in [6.45, 7) is 9.69. The standard InChI is InChI=1S/C27H38FN3O4S/c1-7-25(27(33)29-19(2)3)30(18-22-11-13-23(28)14-12-22)26(32)9-8-16-31(36(6,34)35)24-15-10-20(4)21(5)17-24/h10-15,17,19,25H,7-9,16,18H2,1-6H3,(H,29,33). The first kappa shape index (κ1) is 29.3. The largest absolute Gasteiger partial charge is 0.352 e. The van der Waals surface area contributed by atoms with E-state index in [1.807, 2.05) is 46.8 Å². The molecule has 36 heavy (non-hydrogen) atoms. The van der Waals surface area contributed by atoms with Crippen molar-refractivity contribution >= 4 is 27.5 Å². The maximum absolute atomic E-state index is 13.4. The SMILES string of the molecule is CCC(C(=O)NC(C)C)N(Cc1ccc(F)cc1)C(=O)CCCN(c1ccc(C)c(C)c1)S(C)(=O)=O. The molecule has 0 fully saturated rings. The molecule has 0 aliphatic carbocycles. The molecule has 198 valence electrons. The third-order valence-corrected chi connectivity index (χ3v) is 7.21. The van der Waals surface area contributed by atoms with Crippen LogP contribution in [0.4, 0.5) is 10.1 Å². The van der Waals surface area contributed by atoms with Crippen molar-refractivity contribution in [2.24, 2.45) is 0 Å². The van der Waals surface area contributed by atoms with E-state index in [2.05, 4.69) is 5.32 Å². The van der Waals surface area contributed by atoms with Crippen LogP contribution in [0.1, 0.15) is 56.7 Å². The minimum absolute atomic E-state index is 0.0590. The fourth-order valence-electron chi connectivity index (χ4n) is 3.97. The monoisotopic (exact) mass is 519 g/mol. The van der Waals surface area contributed by atoms with E-state index in [0.29, 0.717) is 17.7 Å². The van der Waals surface area contributed by atoms with Crippen LogP contribution in [0.25, 0.3) is 0 Å². The number of nitrogens with zero attached hydrogens (tertiary/aromatic N) is 2. The second kappa shape index (κ2) is 12.9. The van der Waals surface area contributed by atoms with Crippen molar-refractivity contribution in [1.82, 2.24) is 10.2 Å². The zero-order valence-corrected chi connectivity index (χ0v) is 22.9. The Balaban J connectivity index is 2.22. The van der Waals surface area contributed by atoms with Gasteiger partial charge < -0.3 is 10.2 Å². The van der Waals surface area contributed by atoms with Gasteiger partial charge in [-0.1, -0.05) is 25.1 Å². The predicted molar refractivity (Wildman–Crippen MR) is 142 cm³/mol. The Morgan fingerprint density at radius 1 is 1.03 bits per heavy atom. The summed E-state index contributed by atoms with van der Waals surface area (Å²) in [5.74, 6) is -0.900. The summed E-state index contributed by atoms with van der Waals surface area (Å²) in [5.41, 5.74) is 3.29. The van der Waals surface area contributed by atoms with E-state index in [4.69, 9.17) is 0 Å². The Morgan fingerprint density at radius 2 is 1.67 bits per heavy atom. The molecule has 0 saturated carbocycles. The average Bonchev–Trinajstić information content (AvgIpc) is 2.78. The number of hydrogen-bond acceptors (Lipinski definition) is 4. The topological polar surface area (TPSA) is 86.8 Å².